The summed E-state index contributed by atoms with van der Waals surface area (Å²) in [4.78, 5) is 2.41. The maximum absolute atomic E-state index is 3.46. The topological polar surface area (TPSA) is 15.3 Å². The Kier molecular flexibility index (Phi) is 2.90. The first-order chi connectivity index (χ1) is 5.22. The lowest BCUT2D eigenvalue weighted by molar-refractivity contribution is 0.160. The van der Waals surface area contributed by atoms with Crippen molar-refractivity contribution in [3.63, 3.8) is 0 Å². The van der Waals surface area contributed by atoms with E-state index < -0.39 is 0 Å². The number of likely N-dealkylation sites (tertiary alicyclic amines) is 1. The maximum Gasteiger partial charge on any atom is 0.0200 e. The monoisotopic (exact) mass is 156 g/mol. The van der Waals surface area contributed by atoms with Crippen LogP contribution in [0.15, 0.2) is 0 Å². The molecule has 0 spiro atoms. The number of nitrogens with one attached hydrogen (secondary N) is 1. The van der Waals surface area contributed by atoms with Gasteiger partial charge in [0.05, 0.1) is 0 Å². The third-order valence-electron chi connectivity index (χ3n) is 3.15. The predicted octanol–water partition coefficient (Wildman–Crippen LogP) is 1.08. The van der Waals surface area contributed by atoms with Gasteiger partial charge in [0.1, 0.15) is 0 Å². The molecule has 0 radical (unpaired) electrons. The lowest BCUT2D eigenvalue weighted by Gasteiger charge is -2.40. The summed E-state index contributed by atoms with van der Waals surface area (Å²) in [6.07, 6.45) is 3.87. The Morgan fingerprint density at radius 1 is 1.36 bits per heavy atom. The molecule has 2 heteroatoms. The van der Waals surface area contributed by atoms with E-state index in [2.05, 4.69) is 31.2 Å². The first-order valence-electron chi connectivity index (χ1n) is 4.60. The van der Waals surface area contributed by atoms with Gasteiger partial charge < -0.3 is 10.2 Å². The molecule has 0 aromatic rings. The minimum absolute atomic E-state index is 0.451. The molecule has 1 fully saturated rings. The van der Waals surface area contributed by atoms with E-state index in [1.807, 2.05) is 0 Å². The molecule has 0 atom stereocenters. The van der Waals surface area contributed by atoms with E-state index in [0.717, 1.165) is 0 Å². The molecule has 1 N–H and O–H groups in total. The molecule has 1 aliphatic rings. The van der Waals surface area contributed by atoms with E-state index in [-0.39, 0.29) is 0 Å². The maximum atomic E-state index is 3.46. The van der Waals surface area contributed by atoms with Crippen molar-refractivity contribution in [1.82, 2.24) is 10.2 Å². The summed E-state index contributed by atoms with van der Waals surface area (Å²) in [5.74, 6) is 0. The number of nitrogens with zero attached hydrogens (tertiary/aromatic N) is 1. The molecular formula is C9H20N2. The highest BCUT2D eigenvalue weighted by atomic mass is 15.1. The Hall–Kier alpha value is -0.0800. The van der Waals surface area contributed by atoms with Gasteiger partial charge in [-0.3, -0.25) is 0 Å². The van der Waals surface area contributed by atoms with Gasteiger partial charge in [0.2, 0.25) is 0 Å². The van der Waals surface area contributed by atoms with E-state index in [1.165, 1.54) is 32.4 Å². The molecule has 0 unspecified atom stereocenters. The molecule has 0 aromatic heterocycles. The fourth-order valence-electron chi connectivity index (χ4n) is 1.83. The zero-order valence-electron chi connectivity index (χ0n) is 7.98. The first kappa shape index (κ1) is 9.01. The van der Waals surface area contributed by atoms with Gasteiger partial charge in [0, 0.05) is 5.54 Å². The molecule has 1 heterocycles. The van der Waals surface area contributed by atoms with Crippen LogP contribution in [0, 0.1) is 0 Å². The second-order valence-electron chi connectivity index (χ2n) is 3.69. The van der Waals surface area contributed by atoms with Crippen LogP contribution in [-0.2, 0) is 0 Å². The largest absolute Gasteiger partial charge is 0.314 e. The summed E-state index contributed by atoms with van der Waals surface area (Å²) in [5.41, 5.74) is 0.451. The van der Waals surface area contributed by atoms with Gasteiger partial charge in [-0.15, -0.1) is 0 Å². The highest BCUT2D eigenvalue weighted by Gasteiger charge is 2.29. The number of hydrogen-bond acceptors (Lipinski definition) is 2. The van der Waals surface area contributed by atoms with Crippen molar-refractivity contribution in [2.45, 2.75) is 31.7 Å². The SMILES string of the molecule is CCC1(NC)CCN(C)CC1. The van der Waals surface area contributed by atoms with Crippen molar-refractivity contribution in [3.05, 3.63) is 0 Å². The fraction of sp³-hybridized carbons (Fsp3) is 1.00. The molecule has 0 bridgehead atoms. The summed E-state index contributed by atoms with van der Waals surface area (Å²) in [5, 5.41) is 3.46. The Bertz CT molecular complexity index is 109. The van der Waals surface area contributed by atoms with Crippen LogP contribution in [0.5, 0.6) is 0 Å². The van der Waals surface area contributed by atoms with E-state index in [1.54, 1.807) is 0 Å². The van der Waals surface area contributed by atoms with Gasteiger partial charge in [-0.1, -0.05) is 6.92 Å². The highest BCUT2D eigenvalue weighted by molar-refractivity contribution is 4.90. The molecule has 1 aliphatic heterocycles. The molecule has 0 aliphatic carbocycles. The second-order valence-corrected chi connectivity index (χ2v) is 3.69. The van der Waals surface area contributed by atoms with Crippen LogP contribution in [0.4, 0.5) is 0 Å². The van der Waals surface area contributed by atoms with E-state index in [9.17, 15) is 0 Å². The molecule has 0 saturated carbocycles. The fourth-order valence-corrected chi connectivity index (χ4v) is 1.83. The zero-order chi connectivity index (χ0) is 8.32. The van der Waals surface area contributed by atoms with Crippen LogP contribution in [-0.4, -0.2) is 37.6 Å². The number of hydrogen-bond donors (Lipinski definition) is 1. The average molecular weight is 156 g/mol. The van der Waals surface area contributed by atoms with E-state index in [0.29, 0.717) is 5.54 Å². The minimum Gasteiger partial charge on any atom is -0.314 e. The third kappa shape index (κ3) is 1.94. The molecule has 1 saturated heterocycles. The summed E-state index contributed by atoms with van der Waals surface area (Å²) < 4.78 is 0. The minimum atomic E-state index is 0.451. The van der Waals surface area contributed by atoms with Crippen molar-refractivity contribution in [1.29, 1.82) is 0 Å². The molecular weight excluding hydrogens is 136 g/mol. The van der Waals surface area contributed by atoms with Crippen LogP contribution in [0.2, 0.25) is 0 Å². The lowest BCUT2D eigenvalue weighted by atomic mass is 9.85. The van der Waals surface area contributed by atoms with Crippen LogP contribution in [0.3, 0.4) is 0 Å². The standard InChI is InChI=1S/C9H20N2/c1-4-9(10-2)5-7-11(3)8-6-9/h10H,4-8H2,1-3H3. The Morgan fingerprint density at radius 3 is 2.27 bits per heavy atom. The molecule has 0 amide bonds. The van der Waals surface area contributed by atoms with Gasteiger partial charge in [0.25, 0.3) is 0 Å². The van der Waals surface area contributed by atoms with Crippen LogP contribution < -0.4 is 5.32 Å². The predicted molar refractivity (Wildman–Crippen MR) is 48.8 cm³/mol. The van der Waals surface area contributed by atoms with E-state index >= 15 is 0 Å². The van der Waals surface area contributed by atoms with Crippen molar-refractivity contribution >= 4 is 0 Å². The summed E-state index contributed by atoms with van der Waals surface area (Å²) in [6.45, 7) is 4.77. The van der Waals surface area contributed by atoms with Gasteiger partial charge in [-0.2, -0.15) is 0 Å². The molecule has 2 nitrogen and oxygen atoms in total. The Balaban J connectivity index is 2.45. The third-order valence-corrected chi connectivity index (χ3v) is 3.15. The molecule has 11 heavy (non-hydrogen) atoms. The lowest BCUT2D eigenvalue weighted by Crippen LogP contribution is -2.50. The van der Waals surface area contributed by atoms with Gasteiger partial charge >= 0.3 is 0 Å². The molecule has 66 valence electrons. The van der Waals surface area contributed by atoms with Gasteiger partial charge in [-0.25, -0.2) is 0 Å². The van der Waals surface area contributed by atoms with Crippen LogP contribution >= 0.6 is 0 Å². The highest BCUT2D eigenvalue weighted by Crippen LogP contribution is 2.23. The quantitative estimate of drug-likeness (QED) is 0.643. The molecule has 0 aromatic carbocycles. The van der Waals surface area contributed by atoms with Gasteiger partial charge in [-0.05, 0) is 46.4 Å². The normalized spacial score (nSPS) is 25.4. The number of piperidine rings is 1. The van der Waals surface area contributed by atoms with Crippen molar-refractivity contribution in [2.24, 2.45) is 0 Å². The van der Waals surface area contributed by atoms with Crippen molar-refractivity contribution in [3.8, 4) is 0 Å². The Morgan fingerprint density at radius 2 is 1.91 bits per heavy atom. The number of rotatable bonds is 2. The van der Waals surface area contributed by atoms with Crippen molar-refractivity contribution in [2.75, 3.05) is 27.2 Å². The molecule has 1 rings (SSSR count). The summed E-state index contributed by atoms with van der Waals surface area (Å²) in [7, 11) is 4.30. The first-order valence-corrected chi connectivity index (χ1v) is 4.60. The summed E-state index contributed by atoms with van der Waals surface area (Å²) >= 11 is 0. The van der Waals surface area contributed by atoms with Gasteiger partial charge in [0.15, 0.2) is 0 Å². The van der Waals surface area contributed by atoms with Crippen LogP contribution in [0.25, 0.3) is 0 Å². The van der Waals surface area contributed by atoms with Crippen molar-refractivity contribution < 1.29 is 0 Å². The van der Waals surface area contributed by atoms with E-state index in [4.69, 9.17) is 0 Å². The van der Waals surface area contributed by atoms with Crippen LogP contribution in [0.1, 0.15) is 26.2 Å². The second kappa shape index (κ2) is 3.55. The zero-order valence-corrected chi connectivity index (χ0v) is 7.98. The summed E-state index contributed by atoms with van der Waals surface area (Å²) in [6, 6.07) is 0. The smallest absolute Gasteiger partial charge is 0.0200 e. The average Bonchev–Trinajstić information content (AvgIpc) is 2.07. The Labute approximate surface area is 70.0 Å².